The lowest BCUT2D eigenvalue weighted by Gasteiger charge is -2.20. The average molecular weight is 172 g/mol. The van der Waals surface area contributed by atoms with Crippen LogP contribution in [-0.4, -0.2) is 25.3 Å². The van der Waals surface area contributed by atoms with Gasteiger partial charge in [0.05, 0.1) is 13.0 Å². The minimum Gasteiger partial charge on any atom is -0.463 e. The fourth-order valence-corrected chi connectivity index (χ4v) is 0.965. The van der Waals surface area contributed by atoms with Crippen molar-refractivity contribution in [3.63, 3.8) is 0 Å². The van der Waals surface area contributed by atoms with Gasteiger partial charge in [-0.05, 0) is 5.41 Å². The fraction of sp³-hybridized carbons (Fsp3) is 0.889. The monoisotopic (exact) mass is 172 g/mol. The van der Waals surface area contributed by atoms with Crippen molar-refractivity contribution in [1.82, 2.24) is 0 Å². The van der Waals surface area contributed by atoms with Crippen LogP contribution in [0.5, 0.6) is 0 Å². The van der Waals surface area contributed by atoms with Gasteiger partial charge in [0.15, 0.2) is 0 Å². The zero-order chi connectivity index (χ0) is 9.19. The molecule has 0 N–H and O–H groups in total. The highest BCUT2D eigenvalue weighted by molar-refractivity contribution is 5.71. The second kappa shape index (κ2) is 3.44. The van der Waals surface area contributed by atoms with Gasteiger partial charge < -0.3 is 9.47 Å². The first-order valence-electron chi connectivity index (χ1n) is 4.24. The maximum atomic E-state index is 10.7. The van der Waals surface area contributed by atoms with Gasteiger partial charge in [-0.25, -0.2) is 0 Å². The SMILES string of the molecule is CC(C)(C)CO[C@H]1COC(=O)C1. The van der Waals surface area contributed by atoms with E-state index in [-0.39, 0.29) is 17.5 Å². The normalized spacial score (nSPS) is 24.2. The van der Waals surface area contributed by atoms with E-state index in [9.17, 15) is 4.79 Å². The molecule has 0 aromatic carbocycles. The molecule has 0 amide bonds. The third-order valence-electron chi connectivity index (χ3n) is 1.58. The Morgan fingerprint density at radius 1 is 1.58 bits per heavy atom. The van der Waals surface area contributed by atoms with Crippen molar-refractivity contribution in [2.75, 3.05) is 13.2 Å². The number of carbonyl (C=O) groups excluding carboxylic acids is 1. The lowest BCUT2D eigenvalue weighted by Crippen LogP contribution is -2.21. The van der Waals surface area contributed by atoms with Crippen molar-refractivity contribution in [1.29, 1.82) is 0 Å². The maximum Gasteiger partial charge on any atom is 0.308 e. The number of hydrogen-bond acceptors (Lipinski definition) is 3. The van der Waals surface area contributed by atoms with Crippen molar-refractivity contribution in [3.8, 4) is 0 Å². The molecule has 1 rings (SSSR count). The first-order chi connectivity index (χ1) is 5.47. The average Bonchev–Trinajstić information content (AvgIpc) is 2.30. The van der Waals surface area contributed by atoms with E-state index in [0.29, 0.717) is 19.6 Å². The van der Waals surface area contributed by atoms with Crippen LogP contribution >= 0.6 is 0 Å². The molecule has 0 saturated carbocycles. The van der Waals surface area contributed by atoms with Gasteiger partial charge in [-0.3, -0.25) is 4.79 Å². The van der Waals surface area contributed by atoms with E-state index in [1.165, 1.54) is 0 Å². The van der Waals surface area contributed by atoms with E-state index in [2.05, 4.69) is 20.8 Å². The van der Waals surface area contributed by atoms with Crippen molar-refractivity contribution in [2.24, 2.45) is 5.41 Å². The number of hydrogen-bond donors (Lipinski definition) is 0. The van der Waals surface area contributed by atoms with Gasteiger partial charge in [0, 0.05) is 0 Å². The van der Waals surface area contributed by atoms with Crippen molar-refractivity contribution >= 4 is 5.97 Å². The molecule has 0 aromatic rings. The number of rotatable bonds is 2. The Bertz CT molecular complexity index is 169. The zero-order valence-electron chi connectivity index (χ0n) is 7.92. The highest BCUT2D eigenvalue weighted by Gasteiger charge is 2.25. The zero-order valence-corrected chi connectivity index (χ0v) is 7.92. The van der Waals surface area contributed by atoms with Gasteiger partial charge in [0.1, 0.15) is 12.7 Å². The molecule has 1 aliphatic rings. The predicted molar refractivity (Wildman–Crippen MR) is 44.8 cm³/mol. The minimum absolute atomic E-state index is 0.0169. The summed E-state index contributed by atoms with van der Waals surface area (Å²) in [4.78, 5) is 10.7. The van der Waals surface area contributed by atoms with Crippen molar-refractivity contribution in [3.05, 3.63) is 0 Å². The standard InChI is InChI=1S/C9H16O3/c1-9(2,3)6-12-7-4-8(10)11-5-7/h7H,4-6H2,1-3H3/t7-/m1/s1. The number of carbonyl (C=O) groups is 1. The van der Waals surface area contributed by atoms with Crippen LogP contribution in [0.1, 0.15) is 27.2 Å². The van der Waals surface area contributed by atoms with Gasteiger partial charge >= 0.3 is 5.97 Å². The molecule has 1 atom stereocenters. The fourth-order valence-electron chi connectivity index (χ4n) is 0.965. The molecule has 0 aliphatic carbocycles. The van der Waals surface area contributed by atoms with E-state index >= 15 is 0 Å². The summed E-state index contributed by atoms with van der Waals surface area (Å²) >= 11 is 0. The molecule has 0 spiro atoms. The van der Waals surface area contributed by atoms with Crippen LogP contribution in [0.25, 0.3) is 0 Å². The smallest absolute Gasteiger partial charge is 0.308 e. The summed E-state index contributed by atoms with van der Waals surface area (Å²) in [6.07, 6.45) is 0.396. The van der Waals surface area contributed by atoms with E-state index in [0.717, 1.165) is 0 Å². The van der Waals surface area contributed by atoms with E-state index < -0.39 is 0 Å². The van der Waals surface area contributed by atoms with E-state index in [1.54, 1.807) is 0 Å². The van der Waals surface area contributed by atoms with Gasteiger partial charge in [-0.1, -0.05) is 20.8 Å². The summed E-state index contributed by atoms with van der Waals surface area (Å²) in [5.74, 6) is -0.145. The Balaban J connectivity index is 2.20. The first-order valence-corrected chi connectivity index (χ1v) is 4.24. The highest BCUT2D eigenvalue weighted by atomic mass is 16.6. The molecule has 3 heteroatoms. The minimum atomic E-state index is -0.145. The molecule has 1 aliphatic heterocycles. The summed E-state index contributed by atoms with van der Waals surface area (Å²) in [7, 11) is 0. The Kier molecular flexibility index (Phi) is 2.73. The predicted octanol–water partition coefficient (Wildman–Crippen LogP) is 1.36. The number of cyclic esters (lactones) is 1. The van der Waals surface area contributed by atoms with Crippen LogP contribution in [0.15, 0.2) is 0 Å². The third kappa shape index (κ3) is 3.22. The molecule has 3 nitrogen and oxygen atoms in total. The molecular formula is C9H16O3. The van der Waals surface area contributed by atoms with Crippen LogP contribution in [0.2, 0.25) is 0 Å². The van der Waals surface area contributed by atoms with Gasteiger partial charge in [0.2, 0.25) is 0 Å². The quantitative estimate of drug-likeness (QED) is 0.590. The lowest BCUT2D eigenvalue weighted by atomic mass is 9.98. The van der Waals surface area contributed by atoms with Crippen LogP contribution in [0, 0.1) is 5.41 Å². The molecule has 0 radical (unpaired) electrons. The molecule has 70 valence electrons. The molecule has 1 heterocycles. The summed E-state index contributed by atoms with van der Waals surface area (Å²) < 4.78 is 10.3. The molecule has 0 bridgehead atoms. The molecule has 0 unspecified atom stereocenters. The third-order valence-corrected chi connectivity index (χ3v) is 1.58. The lowest BCUT2D eigenvalue weighted by molar-refractivity contribution is -0.137. The topological polar surface area (TPSA) is 35.5 Å². The molecule has 1 fully saturated rings. The van der Waals surface area contributed by atoms with Crippen LogP contribution in [0.3, 0.4) is 0 Å². The van der Waals surface area contributed by atoms with Gasteiger partial charge in [-0.2, -0.15) is 0 Å². The Morgan fingerprint density at radius 3 is 2.67 bits per heavy atom. The molecule has 1 saturated heterocycles. The van der Waals surface area contributed by atoms with Gasteiger partial charge in [-0.15, -0.1) is 0 Å². The van der Waals surface area contributed by atoms with Crippen LogP contribution < -0.4 is 0 Å². The largest absolute Gasteiger partial charge is 0.463 e. The second-order valence-corrected chi connectivity index (χ2v) is 4.38. The van der Waals surface area contributed by atoms with E-state index in [1.807, 2.05) is 0 Å². The summed E-state index contributed by atoms with van der Waals surface area (Å²) in [6, 6.07) is 0. The maximum absolute atomic E-state index is 10.7. The Labute approximate surface area is 73.0 Å². The molecule has 0 aromatic heterocycles. The number of esters is 1. The van der Waals surface area contributed by atoms with Crippen molar-refractivity contribution < 1.29 is 14.3 Å². The highest BCUT2D eigenvalue weighted by Crippen LogP contribution is 2.17. The van der Waals surface area contributed by atoms with E-state index in [4.69, 9.17) is 9.47 Å². The van der Waals surface area contributed by atoms with Gasteiger partial charge in [0.25, 0.3) is 0 Å². The summed E-state index contributed by atoms with van der Waals surface area (Å²) in [5.41, 5.74) is 0.158. The van der Waals surface area contributed by atoms with Crippen molar-refractivity contribution in [2.45, 2.75) is 33.3 Å². The van der Waals surface area contributed by atoms with Crippen LogP contribution in [-0.2, 0) is 14.3 Å². The number of ether oxygens (including phenoxy) is 2. The molecular weight excluding hydrogens is 156 g/mol. The Hall–Kier alpha value is -0.570. The summed E-state index contributed by atoms with van der Waals surface area (Å²) in [6.45, 7) is 7.41. The second-order valence-electron chi connectivity index (χ2n) is 4.38. The molecule has 12 heavy (non-hydrogen) atoms. The summed E-state index contributed by atoms with van der Waals surface area (Å²) in [5, 5.41) is 0. The first kappa shape index (κ1) is 9.52. The Morgan fingerprint density at radius 2 is 2.25 bits per heavy atom. The van der Waals surface area contributed by atoms with Crippen LogP contribution in [0.4, 0.5) is 0 Å².